The lowest BCUT2D eigenvalue weighted by molar-refractivity contribution is -0.116. The van der Waals surface area contributed by atoms with Crippen LogP contribution in [0, 0.1) is 12.7 Å². The highest BCUT2D eigenvalue weighted by Gasteiger charge is 2.18. The second-order valence-electron chi connectivity index (χ2n) is 7.19. The van der Waals surface area contributed by atoms with E-state index < -0.39 is 28.9 Å². The molecule has 1 N–H and O–H groups in total. The number of amides is 1. The average Bonchev–Trinajstić information content (AvgIpc) is 3.29. The van der Waals surface area contributed by atoms with Crippen molar-refractivity contribution >= 4 is 39.1 Å². The van der Waals surface area contributed by atoms with Gasteiger partial charge >= 0.3 is 11.7 Å². The molecule has 2 heterocycles. The second-order valence-corrected chi connectivity index (χ2v) is 8.11. The number of thiophene rings is 1. The van der Waals surface area contributed by atoms with E-state index in [1.165, 1.54) is 61.1 Å². The molecular weight excluding hydrogens is 449 g/mol. The lowest BCUT2D eigenvalue weighted by Crippen LogP contribution is -2.40. The number of hydrogen-bond donors (Lipinski definition) is 1. The Hall–Kier alpha value is -4.05. The number of nitrogens with zero attached hydrogens (tertiary/aromatic N) is 2. The Morgan fingerprint density at radius 3 is 2.48 bits per heavy atom. The van der Waals surface area contributed by atoms with Gasteiger partial charge in [-0.05, 0) is 66.4 Å². The number of hydrogen-bond acceptors (Lipinski definition) is 6. The number of aromatic nitrogens is 2. The van der Waals surface area contributed by atoms with Crippen LogP contribution in [0.1, 0.15) is 15.9 Å². The number of carbonyl (C=O) groups is 2. The minimum atomic E-state index is -0.715. The number of halogens is 1. The molecule has 0 radical (unpaired) electrons. The molecule has 0 atom stereocenters. The molecule has 0 saturated carbocycles. The van der Waals surface area contributed by atoms with E-state index in [2.05, 4.69) is 10.1 Å². The highest BCUT2D eigenvalue weighted by molar-refractivity contribution is 7.17. The number of fused-ring (bicyclic) bond motifs is 1. The van der Waals surface area contributed by atoms with Crippen molar-refractivity contribution < 1.29 is 18.7 Å². The van der Waals surface area contributed by atoms with Gasteiger partial charge in [-0.3, -0.25) is 14.2 Å². The van der Waals surface area contributed by atoms with E-state index in [4.69, 9.17) is 0 Å². The molecule has 4 rings (SSSR count). The molecule has 10 heteroatoms. The van der Waals surface area contributed by atoms with Crippen LogP contribution in [0.2, 0.25) is 0 Å². The number of rotatable bonds is 5. The first-order valence-corrected chi connectivity index (χ1v) is 10.7. The lowest BCUT2D eigenvalue weighted by Gasteiger charge is -2.13. The number of nitrogens with one attached hydrogen (secondary N) is 1. The molecule has 4 aromatic rings. The first-order chi connectivity index (χ1) is 15.8. The van der Waals surface area contributed by atoms with Crippen molar-refractivity contribution in [3.8, 4) is 5.69 Å². The summed E-state index contributed by atoms with van der Waals surface area (Å²) in [5.74, 6) is -1.46. The average molecular weight is 467 g/mol. The smallest absolute Gasteiger partial charge is 0.337 e. The molecule has 0 aliphatic carbocycles. The normalized spacial score (nSPS) is 10.9. The topological polar surface area (TPSA) is 99.4 Å². The summed E-state index contributed by atoms with van der Waals surface area (Å²) in [5, 5.41) is 4.32. The van der Waals surface area contributed by atoms with E-state index in [-0.39, 0.29) is 17.8 Å². The third kappa shape index (κ3) is 4.20. The van der Waals surface area contributed by atoms with Crippen molar-refractivity contribution in [1.82, 2.24) is 9.13 Å². The third-order valence-corrected chi connectivity index (χ3v) is 5.94. The van der Waals surface area contributed by atoms with Crippen LogP contribution in [0.4, 0.5) is 10.1 Å². The van der Waals surface area contributed by atoms with Crippen LogP contribution in [-0.2, 0) is 16.1 Å². The van der Waals surface area contributed by atoms with Gasteiger partial charge in [0.05, 0.1) is 23.9 Å². The van der Waals surface area contributed by atoms with Gasteiger partial charge in [-0.15, -0.1) is 11.3 Å². The zero-order chi connectivity index (χ0) is 23.7. The Kier molecular flexibility index (Phi) is 5.93. The molecule has 168 valence electrons. The first kappa shape index (κ1) is 22.2. The van der Waals surface area contributed by atoms with Crippen molar-refractivity contribution in [1.29, 1.82) is 0 Å². The molecule has 0 aliphatic heterocycles. The Labute approximate surface area is 190 Å². The summed E-state index contributed by atoms with van der Waals surface area (Å²) in [6.07, 6.45) is 0. The quantitative estimate of drug-likeness (QED) is 0.455. The molecule has 1 amide bonds. The largest absolute Gasteiger partial charge is 0.465 e. The van der Waals surface area contributed by atoms with E-state index in [9.17, 15) is 23.6 Å². The molecule has 0 aliphatic rings. The van der Waals surface area contributed by atoms with Crippen molar-refractivity contribution in [2.45, 2.75) is 13.5 Å². The maximum atomic E-state index is 13.7. The Morgan fingerprint density at radius 2 is 1.82 bits per heavy atom. The Morgan fingerprint density at radius 1 is 1.09 bits per heavy atom. The number of esters is 1. The molecule has 0 fully saturated rings. The number of ether oxygens (including phenoxy) is 1. The predicted octanol–water partition coefficient (Wildman–Crippen LogP) is 3.09. The fourth-order valence-electron chi connectivity index (χ4n) is 3.39. The van der Waals surface area contributed by atoms with Crippen LogP contribution < -0.4 is 16.6 Å². The number of methoxy groups -OCH3 is 1. The van der Waals surface area contributed by atoms with Gasteiger partial charge in [0.1, 0.15) is 17.1 Å². The predicted molar refractivity (Wildman–Crippen MR) is 123 cm³/mol. The molecule has 2 aromatic carbocycles. The number of aryl methyl sites for hydroxylation is 1. The maximum absolute atomic E-state index is 13.7. The Balaban J connectivity index is 1.70. The number of carbonyl (C=O) groups excluding carboxylic acids is 2. The van der Waals surface area contributed by atoms with E-state index in [1.807, 2.05) is 0 Å². The van der Waals surface area contributed by atoms with Crippen LogP contribution in [0.3, 0.4) is 0 Å². The number of benzene rings is 2. The number of anilines is 1. The summed E-state index contributed by atoms with van der Waals surface area (Å²) in [4.78, 5) is 50.5. The van der Waals surface area contributed by atoms with Crippen LogP contribution >= 0.6 is 11.3 Å². The molecule has 0 saturated heterocycles. The van der Waals surface area contributed by atoms with Crippen molar-refractivity contribution in [3.63, 3.8) is 0 Å². The molecular formula is C23H18FN3O5S. The van der Waals surface area contributed by atoms with Crippen LogP contribution in [0.15, 0.2) is 63.5 Å². The highest BCUT2D eigenvalue weighted by atomic mass is 32.1. The van der Waals surface area contributed by atoms with Crippen LogP contribution in [0.25, 0.3) is 15.9 Å². The summed E-state index contributed by atoms with van der Waals surface area (Å²) in [5.41, 5.74) is 0.329. The first-order valence-electron chi connectivity index (χ1n) is 9.78. The minimum absolute atomic E-state index is 0.215. The van der Waals surface area contributed by atoms with Gasteiger partial charge < -0.3 is 10.1 Å². The van der Waals surface area contributed by atoms with E-state index in [0.29, 0.717) is 21.5 Å². The van der Waals surface area contributed by atoms with Crippen molar-refractivity contribution in [2.75, 3.05) is 12.4 Å². The molecule has 33 heavy (non-hydrogen) atoms. The lowest BCUT2D eigenvalue weighted by atomic mass is 10.2. The van der Waals surface area contributed by atoms with Gasteiger partial charge in [-0.25, -0.2) is 18.5 Å². The van der Waals surface area contributed by atoms with Gasteiger partial charge in [0.2, 0.25) is 5.91 Å². The third-order valence-electron chi connectivity index (χ3n) is 5.05. The standard InChI is InChI=1S/C23H18FN3O5S/c1-13-11-16(7-8-17(13)24)27-21(29)20-18(9-10-33-20)26(23(27)31)12-19(28)25-15-5-3-14(4-6-15)22(30)32-2/h3-11H,12H2,1-2H3,(H,25,28). The fraction of sp³-hybridized carbons (Fsp3) is 0.130. The SMILES string of the molecule is COC(=O)c1ccc(NC(=O)Cn2c(=O)n(-c3ccc(F)c(C)c3)c(=O)c3sccc32)cc1. The van der Waals surface area contributed by atoms with Crippen molar-refractivity contribution in [2.24, 2.45) is 0 Å². The van der Waals surface area contributed by atoms with Gasteiger partial charge in [-0.2, -0.15) is 0 Å². The van der Waals surface area contributed by atoms with E-state index in [1.54, 1.807) is 11.4 Å². The monoisotopic (exact) mass is 467 g/mol. The fourth-order valence-corrected chi connectivity index (χ4v) is 4.21. The van der Waals surface area contributed by atoms with E-state index in [0.717, 1.165) is 15.9 Å². The molecule has 8 nitrogen and oxygen atoms in total. The molecule has 0 bridgehead atoms. The second kappa shape index (κ2) is 8.83. The minimum Gasteiger partial charge on any atom is -0.465 e. The summed E-state index contributed by atoms with van der Waals surface area (Å²) in [7, 11) is 1.27. The Bertz CT molecular complexity index is 1500. The molecule has 0 unspecified atom stereocenters. The molecule has 0 spiro atoms. The maximum Gasteiger partial charge on any atom is 0.337 e. The van der Waals surface area contributed by atoms with Crippen LogP contribution in [0.5, 0.6) is 0 Å². The highest BCUT2D eigenvalue weighted by Crippen LogP contribution is 2.18. The summed E-state index contributed by atoms with van der Waals surface area (Å²) in [6, 6.07) is 11.6. The van der Waals surface area contributed by atoms with Gasteiger partial charge in [0, 0.05) is 5.69 Å². The van der Waals surface area contributed by atoms with Crippen LogP contribution in [-0.4, -0.2) is 28.1 Å². The summed E-state index contributed by atoms with van der Waals surface area (Å²) >= 11 is 1.15. The zero-order valence-corrected chi connectivity index (χ0v) is 18.4. The zero-order valence-electron chi connectivity index (χ0n) is 17.6. The van der Waals surface area contributed by atoms with Gasteiger partial charge in [0.15, 0.2) is 0 Å². The molecule has 2 aromatic heterocycles. The van der Waals surface area contributed by atoms with E-state index >= 15 is 0 Å². The van der Waals surface area contributed by atoms with Gasteiger partial charge in [0.25, 0.3) is 5.56 Å². The van der Waals surface area contributed by atoms with Crippen molar-refractivity contribution in [3.05, 3.63) is 91.7 Å². The summed E-state index contributed by atoms with van der Waals surface area (Å²) < 4.78 is 20.8. The van der Waals surface area contributed by atoms with Gasteiger partial charge in [-0.1, -0.05) is 0 Å². The summed E-state index contributed by atoms with van der Waals surface area (Å²) in [6.45, 7) is 1.18.